The van der Waals surface area contributed by atoms with Crippen LogP contribution in [0.15, 0.2) is 28.2 Å². The number of amides is 1. The van der Waals surface area contributed by atoms with Crippen LogP contribution in [0, 0.1) is 0 Å². The predicted molar refractivity (Wildman–Crippen MR) is 81.5 cm³/mol. The number of nitrogens with one attached hydrogen (secondary N) is 1. The van der Waals surface area contributed by atoms with Gasteiger partial charge in [0.1, 0.15) is 12.4 Å². The highest BCUT2D eigenvalue weighted by Crippen LogP contribution is 2.29. The fourth-order valence-corrected chi connectivity index (χ4v) is 2.55. The number of hydrogen-bond acceptors (Lipinski definition) is 3. The number of fused-ring (bicyclic) bond motifs is 1. The van der Waals surface area contributed by atoms with Crippen molar-refractivity contribution in [1.82, 2.24) is 5.32 Å². The molecule has 0 saturated heterocycles. The molecule has 0 bridgehead atoms. The average molecular weight is 340 g/mol. The molecule has 0 fully saturated rings. The number of rotatable bonds is 4. The molecule has 1 aliphatic rings. The fourth-order valence-electron chi connectivity index (χ4n) is 2.17. The molecule has 2 atom stereocenters. The lowest BCUT2D eigenvalue weighted by molar-refractivity contribution is -0.118. The third-order valence-electron chi connectivity index (χ3n) is 3.05. The Hall–Kier alpha value is -1.33. The van der Waals surface area contributed by atoms with Gasteiger partial charge in [0.2, 0.25) is 0 Å². The van der Waals surface area contributed by atoms with E-state index in [1.54, 1.807) is 6.92 Å². The van der Waals surface area contributed by atoms with Crippen LogP contribution in [0.3, 0.4) is 0 Å². The molecule has 1 heterocycles. The van der Waals surface area contributed by atoms with Crippen molar-refractivity contribution in [2.24, 2.45) is 0 Å². The minimum Gasteiger partial charge on any atom is -0.488 e. The first-order valence-corrected chi connectivity index (χ1v) is 7.37. The van der Waals surface area contributed by atoms with Crippen LogP contribution in [0.2, 0.25) is 0 Å². The lowest BCUT2D eigenvalue weighted by atomic mass is 10.1. The third kappa shape index (κ3) is 3.84. The quantitative estimate of drug-likeness (QED) is 0.885. The second-order valence-electron chi connectivity index (χ2n) is 5.10. The Kier molecular flexibility index (Phi) is 4.83. The number of carbonyl (C=O) groups excluding carboxylic acids is 1. The van der Waals surface area contributed by atoms with Crippen LogP contribution in [0.25, 0.3) is 6.08 Å². The number of carbonyl (C=O) groups is 1. The minimum atomic E-state index is -0.432. The molecule has 1 amide bonds. The van der Waals surface area contributed by atoms with Crippen molar-refractivity contribution in [3.05, 3.63) is 33.8 Å². The molecule has 2 rings (SSSR count). The fraction of sp³-hybridized carbons (Fsp3) is 0.400. The van der Waals surface area contributed by atoms with E-state index < -0.39 is 6.10 Å². The summed E-state index contributed by atoms with van der Waals surface area (Å²) in [5.41, 5.74) is 1.48. The lowest BCUT2D eigenvalue weighted by Gasteiger charge is -2.20. The Morgan fingerprint density at radius 1 is 1.50 bits per heavy atom. The first-order valence-electron chi connectivity index (χ1n) is 6.57. The minimum absolute atomic E-state index is 0.0766. The van der Waals surface area contributed by atoms with E-state index in [1.165, 1.54) is 0 Å². The van der Waals surface area contributed by atoms with E-state index in [0.29, 0.717) is 12.0 Å². The van der Waals surface area contributed by atoms with Gasteiger partial charge in [0, 0.05) is 16.1 Å². The van der Waals surface area contributed by atoms with Gasteiger partial charge in [-0.25, -0.2) is 0 Å². The van der Waals surface area contributed by atoms with Crippen LogP contribution in [-0.4, -0.2) is 29.8 Å². The smallest absolute Gasteiger partial charge is 0.250 e. The van der Waals surface area contributed by atoms with Gasteiger partial charge in [-0.15, -0.1) is 0 Å². The van der Waals surface area contributed by atoms with E-state index in [2.05, 4.69) is 21.2 Å². The van der Waals surface area contributed by atoms with E-state index in [-0.39, 0.29) is 18.6 Å². The van der Waals surface area contributed by atoms with Crippen molar-refractivity contribution in [2.75, 3.05) is 6.61 Å². The highest BCUT2D eigenvalue weighted by Gasteiger charge is 2.19. The van der Waals surface area contributed by atoms with E-state index >= 15 is 0 Å². The molecule has 0 spiro atoms. The van der Waals surface area contributed by atoms with Gasteiger partial charge in [0.15, 0.2) is 0 Å². The molecule has 2 N–H and O–H groups in total. The molecule has 0 saturated carbocycles. The Bertz CT molecular complexity index is 540. The summed E-state index contributed by atoms with van der Waals surface area (Å²) in [5.74, 6) is 0.630. The Labute approximate surface area is 127 Å². The molecule has 0 aliphatic carbocycles. The van der Waals surface area contributed by atoms with Crippen molar-refractivity contribution in [2.45, 2.75) is 32.4 Å². The number of benzene rings is 1. The van der Waals surface area contributed by atoms with Gasteiger partial charge in [-0.05, 0) is 44.5 Å². The second-order valence-corrected chi connectivity index (χ2v) is 6.02. The standard InChI is InChI=1S/C15H18BrNO3/c1-9(5-10(2)18)17-15(19)12-6-11-7-13(16)3-4-14(11)20-8-12/h3-4,6-7,9-10,18H,5,8H2,1-2H3,(H,17,19). The molecule has 5 heteroatoms. The van der Waals surface area contributed by atoms with Gasteiger partial charge in [0.05, 0.1) is 11.7 Å². The zero-order valence-electron chi connectivity index (χ0n) is 11.5. The number of hydrogen-bond donors (Lipinski definition) is 2. The molecular weight excluding hydrogens is 322 g/mol. The molecule has 1 aromatic carbocycles. The molecular formula is C15H18BrNO3. The number of aliphatic hydroxyl groups excluding tert-OH is 1. The summed E-state index contributed by atoms with van der Waals surface area (Å²) in [6.45, 7) is 3.85. The van der Waals surface area contributed by atoms with Gasteiger partial charge < -0.3 is 15.2 Å². The maximum atomic E-state index is 12.1. The largest absolute Gasteiger partial charge is 0.488 e. The molecule has 1 aromatic rings. The van der Waals surface area contributed by atoms with Gasteiger partial charge in [-0.1, -0.05) is 15.9 Å². The topological polar surface area (TPSA) is 58.6 Å². The van der Waals surface area contributed by atoms with Crippen LogP contribution >= 0.6 is 15.9 Å². The Balaban J connectivity index is 2.08. The van der Waals surface area contributed by atoms with Gasteiger partial charge >= 0.3 is 0 Å². The van der Waals surface area contributed by atoms with Crippen LogP contribution < -0.4 is 10.1 Å². The summed E-state index contributed by atoms with van der Waals surface area (Å²) in [5, 5.41) is 12.2. The zero-order chi connectivity index (χ0) is 14.7. The van der Waals surface area contributed by atoms with Crippen molar-refractivity contribution in [3.8, 4) is 5.75 Å². The second kappa shape index (κ2) is 6.41. The van der Waals surface area contributed by atoms with Crippen LogP contribution in [-0.2, 0) is 4.79 Å². The normalized spacial score (nSPS) is 16.5. The number of ether oxygens (including phenoxy) is 1. The summed E-state index contributed by atoms with van der Waals surface area (Å²) in [6, 6.07) is 5.62. The van der Waals surface area contributed by atoms with Crippen molar-refractivity contribution in [3.63, 3.8) is 0 Å². The average Bonchev–Trinajstić information content (AvgIpc) is 2.36. The maximum Gasteiger partial charge on any atom is 0.250 e. The molecule has 1 aliphatic heterocycles. The highest BCUT2D eigenvalue weighted by molar-refractivity contribution is 9.10. The molecule has 20 heavy (non-hydrogen) atoms. The van der Waals surface area contributed by atoms with Crippen molar-refractivity contribution < 1.29 is 14.6 Å². The molecule has 108 valence electrons. The van der Waals surface area contributed by atoms with Crippen LogP contribution in [0.1, 0.15) is 25.8 Å². The number of halogens is 1. The monoisotopic (exact) mass is 339 g/mol. The molecule has 4 nitrogen and oxygen atoms in total. The molecule has 0 aromatic heterocycles. The third-order valence-corrected chi connectivity index (χ3v) is 3.54. The summed E-state index contributed by atoms with van der Waals surface area (Å²) in [6.07, 6.45) is 1.94. The Morgan fingerprint density at radius 3 is 2.95 bits per heavy atom. The summed E-state index contributed by atoms with van der Waals surface area (Å²) < 4.78 is 6.52. The summed E-state index contributed by atoms with van der Waals surface area (Å²) in [7, 11) is 0. The molecule has 2 unspecified atom stereocenters. The summed E-state index contributed by atoms with van der Waals surface area (Å²) in [4.78, 5) is 12.1. The van der Waals surface area contributed by atoms with E-state index in [9.17, 15) is 9.90 Å². The van der Waals surface area contributed by atoms with Crippen molar-refractivity contribution in [1.29, 1.82) is 0 Å². The van der Waals surface area contributed by atoms with E-state index in [4.69, 9.17) is 4.74 Å². The van der Waals surface area contributed by atoms with Crippen LogP contribution in [0.4, 0.5) is 0 Å². The predicted octanol–water partition coefficient (Wildman–Crippen LogP) is 2.50. The molecule has 0 radical (unpaired) electrons. The SMILES string of the molecule is CC(O)CC(C)NC(=O)C1=Cc2cc(Br)ccc2OC1. The van der Waals surface area contributed by atoms with E-state index in [0.717, 1.165) is 15.8 Å². The van der Waals surface area contributed by atoms with Crippen LogP contribution in [0.5, 0.6) is 5.75 Å². The highest BCUT2D eigenvalue weighted by atomic mass is 79.9. The first-order chi connectivity index (χ1) is 9.45. The van der Waals surface area contributed by atoms with E-state index in [1.807, 2.05) is 31.2 Å². The van der Waals surface area contributed by atoms with Gasteiger partial charge in [-0.2, -0.15) is 0 Å². The van der Waals surface area contributed by atoms with Crippen molar-refractivity contribution >= 4 is 27.9 Å². The number of aliphatic hydroxyl groups is 1. The first kappa shape index (κ1) is 15.1. The van der Waals surface area contributed by atoms with Gasteiger partial charge in [0.25, 0.3) is 5.91 Å². The zero-order valence-corrected chi connectivity index (χ0v) is 13.1. The van der Waals surface area contributed by atoms with Gasteiger partial charge in [-0.3, -0.25) is 4.79 Å². The Morgan fingerprint density at radius 2 is 2.25 bits per heavy atom. The maximum absolute atomic E-state index is 12.1. The summed E-state index contributed by atoms with van der Waals surface area (Å²) >= 11 is 3.40. The lowest BCUT2D eigenvalue weighted by Crippen LogP contribution is -2.37.